The van der Waals surface area contributed by atoms with E-state index in [0.29, 0.717) is 13.2 Å². The number of carbonyl (C=O) groups is 1. The smallest absolute Gasteiger partial charge is 0.246 e. The maximum atomic E-state index is 11.5. The molecule has 3 N–H and O–H groups in total. The Morgan fingerprint density at radius 3 is 2.60 bits per heavy atom. The quantitative estimate of drug-likeness (QED) is 0.544. The highest BCUT2D eigenvalue weighted by molar-refractivity contribution is 5.85. The van der Waals surface area contributed by atoms with Crippen LogP contribution in [-0.4, -0.2) is 25.7 Å². The van der Waals surface area contributed by atoms with E-state index in [1.165, 1.54) is 5.56 Å². The third kappa shape index (κ3) is 8.77. The van der Waals surface area contributed by atoms with Crippen molar-refractivity contribution in [1.82, 2.24) is 5.32 Å². The molecule has 5 heteroatoms. The second-order valence-electron chi connectivity index (χ2n) is 4.60. The number of nitrogens with one attached hydrogen (secondary N) is 1. The van der Waals surface area contributed by atoms with Crippen LogP contribution in [-0.2, 0) is 16.0 Å². The zero-order valence-corrected chi connectivity index (χ0v) is 12.9. The minimum atomic E-state index is -0.0491. The number of unbranched alkanes of at least 4 members (excludes halogenated alkanes) is 2. The van der Waals surface area contributed by atoms with Crippen LogP contribution in [0.2, 0.25) is 0 Å². The van der Waals surface area contributed by atoms with Gasteiger partial charge in [0.25, 0.3) is 0 Å². The number of anilines is 1. The summed E-state index contributed by atoms with van der Waals surface area (Å²) in [5.74, 6) is -0.0491. The first kappa shape index (κ1) is 18.7. The van der Waals surface area contributed by atoms with Crippen molar-refractivity contribution in [2.45, 2.75) is 32.6 Å². The van der Waals surface area contributed by atoms with Gasteiger partial charge in [-0.25, -0.2) is 0 Å². The molecule has 4 nitrogen and oxygen atoms in total. The van der Waals surface area contributed by atoms with Crippen LogP contribution < -0.4 is 11.1 Å². The summed E-state index contributed by atoms with van der Waals surface area (Å²) in [6.07, 6.45) is 4.15. The number of rotatable bonds is 9. The number of nitrogen functional groups attached to an aromatic ring is 1. The Kier molecular flexibility index (Phi) is 10.8. The van der Waals surface area contributed by atoms with Crippen molar-refractivity contribution in [2.24, 2.45) is 0 Å². The molecule has 0 atom stereocenters. The van der Waals surface area contributed by atoms with E-state index >= 15 is 0 Å². The van der Waals surface area contributed by atoms with Crippen LogP contribution in [0.5, 0.6) is 0 Å². The summed E-state index contributed by atoms with van der Waals surface area (Å²) >= 11 is 0. The van der Waals surface area contributed by atoms with Crippen molar-refractivity contribution in [3.8, 4) is 0 Å². The van der Waals surface area contributed by atoms with E-state index in [1.54, 1.807) is 0 Å². The predicted octanol–water partition coefficient (Wildman–Crippen LogP) is 2.56. The number of carbonyl (C=O) groups excluding carboxylic acids is 1. The first-order chi connectivity index (χ1) is 9.22. The Hall–Kier alpha value is -1.26. The van der Waals surface area contributed by atoms with Crippen molar-refractivity contribution >= 4 is 24.0 Å². The molecule has 0 saturated heterocycles. The van der Waals surface area contributed by atoms with Crippen LogP contribution in [0.3, 0.4) is 0 Å². The maximum Gasteiger partial charge on any atom is 0.246 e. The van der Waals surface area contributed by atoms with Crippen molar-refractivity contribution in [1.29, 1.82) is 0 Å². The summed E-state index contributed by atoms with van der Waals surface area (Å²) in [6.45, 7) is 3.59. The predicted molar refractivity (Wildman–Crippen MR) is 85.2 cm³/mol. The average molecular weight is 301 g/mol. The summed E-state index contributed by atoms with van der Waals surface area (Å²) in [5.41, 5.74) is 7.53. The minimum absolute atomic E-state index is 0. The lowest BCUT2D eigenvalue weighted by Gasteiger charge is -2.06. The van der Waals surface area contributed by atoms with Crippen LogP contribution >= 0.6 is 12.4 Å². The van der Waals surface area contributed by atoms with Gasteiger partial charge in [0, 0.05) is 18.8 Å². The van der Waals surface area contributed by atoms with E-state index < -0.39 is 0 Å². The average Bonchev–Trinajstić information content (AvgIpc) is 2.41. The maximum absolute atomic E-state index is 11.5. The van der Waals surface area contributed by atoms with Crippen LogP contribution in [0.25, 0.3) is 0 Å². The molecule has 20 heavy (non-hydrogen) atoms. The van der Waals surface area contributed by atoms with Gasteiger partial charge in [-0.3, -0.25) is 4.79 Å². The van der Waals surface area contributed by atoms with Gasteiger partial charge in [-0.05, 0) is 30.5 Å². The molecule has 0 bridgehead atoms. The van der Waals surface area contributed by atoms with Gasteiger partial charge in [-0.2, -0.15) is 0 Å². The van der Waals surface area contributed by atoms with E-state index in [-0.39, 0.29) is 24.9 Å². The highest BCUT2D eigenvalue weighted by Crippen LogP contribution is 2.05. The molecule has 1 aromatic carbocycles. The van der Waals surface area contributed by atoms with Gasteiger partial charge in [-0.1, -0.05) is 31.9 Å². The molecular formula is C15H25ClN2O2. The summed E-state index contributed by atoms with van der Waals surface area (Å²) in [7, 11) is 0. The van der Waals surface area contributed by atoms with Crippen LogP contribution in [0.15, 0.2) is 24.3 Å². The standard InChI is InChI=1S/C15H24N2O2.ClH/c1-2-3-4-11-19-12-15(18)17-10-9-13-5-7-14(16)8-6-13;/h5-8H,2-4,9-12,16H2,1H3,(H,17,18);1H. The Balaban J connectivity index is 0.00000361. The fraction of sp³-hybridized carbons (Fsp3) is 0.533. The van der Waals surface area contributed by atoms with Crippen molar-refractivity contribution < 1.29 is 9.53 Å². The summed E-state index contributed by atoms with van der Waals surface area (Å²) < 4.78 is 5.29. The van der Waals surface area contributed by atoms with Gasteiger partial charge < -0.3 is 15.8 Å². The molecule has 0 aliphatic heterocycles. The third-order valence-corrected chi connectivity index (χ3v) is 2.84. The number of benzene rings is 1. The Bertz CT molecular complexity index is 369. The minimum Gasteiger partial charge on any atom is -0.399 e. The number of amides is 1. The molecule has 0 saturated carbocycles. The van der Waals surface area contributed by atoms with E-state index in [1.807, 2.05) is 24.3 Å². The molecule has 1 amide bonds. The van der Waals surface area contributed by atoms with Crippen molar-refractivity contribution in [3.63, 3.8) is 0 Å². The summed E-state index contributed by atoms with van der Waals surface area (Å²) in [6, 6.07) is 7.69. The van der Waals surface area contributed by atoms with Gasteiger partial charge in [0.15, 0.2) is 0 Å². The fourth-order valence-corrected chi connectivity index (χ4v) is 1.70. The zero-order chi connectivity index (χ0) is 13.9. The molecule has 1 rings (SSSR count). The Labute approximate surface area is 127 Å². The van der Waals surface area contributed by atoms with Gasteiger partial charge in [0.1, 0.15) is 6.61 Å². The van der Waals surface area contributed by atoms with E-state index in [9.17, 15) is 4.79 Å². The number of hydrogen-bond acceptors (Lipinski definition) is 3. The van der Waals surface area contributed by atoms with Crippen LogP contribution in [0, 0.1) is 0 Å². The van der Waals surface area contributed by atoms with E-state index in [2.05, 4.69) is 12.2 Å². The number of ether oxygens (including phenoxy) is 1. The molecule has 0 aromatic heterocycles. The molecule has 0 radical (unpaired) electrons. The second kappa shape index (κ2) is 11.6. The largest absolute Gasteiger partial charge is 0.399 e. The monoisotopic (exact) mass is 300 g/mol. The van der Waals surface area contributed by atoms with Gasteiger partial charge >= 0.3 is 0 Å². The zero-order valence-electron chi connectivity index (χ0n) is 12.1. The molecule has 0 unspecified atom stereocenters. The fourth-order valence-electron chi connectivity index (χ4n) is 1.70. The highest BCUT2D eigenvalue weighted by Gasteiger charge is 2.00. The van der Waals surface area contributed by atoms with Crippen molar-refractivity contribution in [3.05, 3.63) is 29.8 Å². The molecular weight excluding hydrogens is 276 g/mol. The first-order valence-electron chi connectivity index (χ1n) is 6.91. The van der Waals surface area contributed by atoms with E-state index in [4.69, 9.17) is 10.5 Å². The lowest BCUT2D eigenvalue weighted by molar-refractivity contribution is -0.125. The Morgan fingerprint density at radius 1 is 1.25 bits per heavy atom. The molecule has 1 aromatic rings. The SMILES string of the molecule is CCCCCOCC(=O)NCCc1ccc(N)cc1.Cl. The third-order valence-electron chi connectivity index (χ3n) is 2.84. The number of nitrogens with two attached hydrogens (primary N) is 1. The molecule has 114 valence electrons. The summed E-state index contributed by atoms with van der Waals surface area (Å²) in [4.78, 5) is 11.5. The lowest BCUT2D eigenvalue weighted by atomic mass is 10.1. The van der Waals surface area contributed by atoms with E-state index in [0.717, 1.165) is 31.4 Å². The number of hydrogen-bond donors (Lipinski definition) is 2. The molecule has 0 aliphatic rings. The van der Waals surface area contributed by atoms with Crippen LogP contribution in [0.1, 0.15) is 31.7 Å². The van der Waals surface area contributed by atoms with Gasteiger partial charge in [0.2, 0.25) is 5.91 Å². The summed E-state index contributed by atoms with van der Waals surface area (Å²) in [5, 5.41) is 2.84. The van der Waals surface area contributed by atoms with Crippen molar-refractivity contribution in [2.75, 3.05) is 25.5 Å². The highest BCUT2D eigenvalue weighted by atomic mass is 35.5. The topological polar surface area (TPSA) is 64.3 Å². The molecule has 0 fully saturated rings. The normalized spacial score (nSPS) is 9.85. The number of halogens is 1. The first-order valence-corrected chi connectivity index (χ1v) is 6.91. The lowest BCUT2D eigenvalue weighted by Crippen LogP contribution is -2.29. The van der Waals surface area contributed by atoms with Gasteiger partial charge in [-0.15, -0.1) is 12.4 Å². The van der Waals surface area contributed by atoms with Gasteiger partial charge in [0.05, 0.1) is 0 Å². The second-order valence-corrected chi connectivity index (χ2v) is 4.60. The molecule has 0 heterocycles. The Morgan fingerprint density at radius 2 is 1.95 bits per heavy atom. The molecule has 0 spiro atoms. The molecule has 0 aliphatic carbocycles. The van der Waals surface area contributed by atoms with Crippen LogP contribution in [0.4, 0.5) is 5.69 Å².